The van der Waals surface area contributed by atoms with Crippen molar-refractivity contribution < 1.29 is 4.74 Å². The van der Waals surface area contributed by atoms with Crippen LogP contribution < -0.4 is 4.74 Å². The van der Waals surface area contributed by atoms with E-state index >= 15 is 0 Å². The maximum Gasteiger partial charge on any atom is 0.120 e. The molecular formula is C22H18BrNO. The van der Waals surface area contributed by atoms with Crippen LogP contribution in [0.25, 0.3) is 10.9 Å². The molecule has 0 fully saturated rings. The van der Waals surface area contributed by atoms with Crippen LogP contribution in [-0.2, 0) is 13.0 Å². The Balaban J connectivity index is 1.55. The second kappa shape index (κ2) is 7.16. The van der Waals surface area contributed by atoms with Crippen molar-refractivity contribution in [2.24, 2.45) is 0 Å². The Morgan fingerprint density at radius 3 is 2.44 bits per heavy atom. The fraction of sp³-hybridized carbons (Fsp3) is 0.0909. The van der Waals surface area contributed by atoms with E-state index in [1.807, 2.05) is 24.3 Å². The molecule has 1 N–H and O–H groups in total. The number of aromatic nitrogens is 1. The van der Waals surface area contributed by atoms with Crippen LogP contribution in [0.3, 0.4) is 0 Å². The zero-order chi connectivity index (χ0) is 17.1. The summed E-state index contributed by atoms with van der Waals surface area (Å²) in [5.74, 6) is 0.896. The van der Waals surface area contributed by atoms with E-state index in [9.17, 15) is 0 Å². The van der Waals surface area contributed by atoms with Gasteiger partial charge >= 0.3 is 0 Å². The molecule has 0 bridgehead atoms. The first-order chi connectivity index (χ1) is 12.3. The molecular weight excluding hydrogens is 374 g/mol. The van der Waals surface area contributed by atoms with Gasteiger partial charge in [0.1, 0.15) is 12.4 Å². The Hall–Kier alpha value is -2.52. The molecule has 0 spiro atoms. The molecule has 3 heteroatoms. The van der Waals surface area contributed by atoms with Gasteiger partial charge in [0.15, 0.2) is 0 Å². The third-order valence-electron chi connectivity index (χ3n) is 4.30. The van der Waals surface area contributed by atoms with E-state index in [4.69, 9.17) is 4.74 Å². The lowest BCUT2D eigenvalue weighted by Gasteiger charge is -2.07. The lowest BCUT2D eigenvalue weighted by molar-refractivity contribution is 0.306. The highest BCUT2D eigenvalue weighted by atomic mass is 79.9. The number of ether oxygens (including phenoxy) is 1. The van der Waals surface area contributed by atoms with Gasteiger partial charge in [-0.3, -0.25) is 0 Å². The van der Waals surface area contributed by atoms with E-state index in [1.54, 1.807) is 0 Å². The summed E-state index contributed by atoms with van der Waals surface area (Å²) in [4.78, 5) is 3.36. The standard InChI is InChI=1S/C22H18BrNO/c23-19-8-6-16(7-9-19)12-18-14-24-22-11-10-20(13-21(18)22)25-15-17-4-2-1-3-5-17/h1-11,13-14,24H,12,15H2. The monoisotopic (exact) mass is 391 g/mol. The van der Waals surface area contributed by atoms with E-state index in [0.29, 0.717) is 6.61 Å². The molecule has 0 atom stereocenters. The van der Waals surface area contributed by atoms with Gasteiger partial charge in [0.05, 0.1) is 0 Å². The average molecular weight is 392 g/mol. The lowest BCUT2D eigenvalue weighted by atomic mass is 10.0. The minimum absolute atomic E-state index is 0.582. The van der Waals surface area contributed by atoms with Gasteiger partial charge in [-0.2, -0.15) is 0 Å². The minimum Gasteiger partial charge on any atom is -0.489 e. The summed E-state index contributed by atoms with van der Waals surface area (Å²) in [7, 11) is 0. The number of aromatic amines is 1. The second-order valence-electron chi connectivity index (χ2n) is 6.10. The van der Waals surface area contributed by atoms with Crippen LogP contribution in [0.4, 0.5) is 0 Å². The maximum absolute atomic E-state index is 5.97. The van der Waals surface area contributed by atoms with Crippen LogP contribution in [0, 0.1) is 0 Å². The van der Waals surface area contributed by atoms with Crippen LogP contribution >= 0.6 is 15.9 Å². The second-order valence-corrected chi connectivity index (χ2v) is 7.01. The van der Waals surface area contributed by atoms with Crippen molar-refractivity contribution in [2.75, 3.05) is 0 Å². The van der Waals surface area contributed by atoms with Gasteiger partial charge in [0.25, 0.3) is 0 Å². The largest absolute Gasteiger partial charge is 0.489 e. The predicted molar refractivity (Wildman–Crippen MR) is 106 cm³/mol. The third kappa shape index (κ3) is 3.77. The molecule has 0 aliphatic carbocycles. The number of benzene rings is 3. The number of fused-ring (bicyclic) bond motifs is 1. The van der Waals surface area contributed by atoms with E-state index in [-0.39, 0.29) is 0 Å². The van der Waals surface area contributed by atoms with Gasteiger partial charge in [-0.05, 0) is 53.4 Å². The Morgan fingerprint density at radius 1 is 0.840 bits per heavy atom. The minimum atomic E-state index is 0.582. The first kappa shape index (κ1) is 16.0. The van der Waals surface area contributed by atoms with E-state index in [0.717, 1.165) is 22.2 Å². The highest BCUT2D eigenvalue weighted by Gasteiger charge is 2.07. The van der Waals surface area contributed by atoms with Crippen LogP contribution in [0.2, 0.25) is 0 Å². The first-order valence-corrected chi connectivity index (χ1v) is 9.08. The van der Waals surface area contributed by atoms with Gasteiger partial charge in [-0.15, -0.1) is 0 Å². The summed E-state index contributed by atoms with van der Waals surface area (Å²) in [6.45, 7) is 0.582. The van der Waals surface area contributed by atoms with Gasteiger partial charge in [0.2, 0.25) is 0 Å². The van der Waals surface area contributed by atoms with Crippen LogP contribution in [0.15, 0.2) is 83.5 Å². The molecule has 0 amide bonds. The fourth-order valence-electron chi connectivity index (χ4n) is 2.96. The van der Waals surface area contributed by atoms with Gasteiger partial charge in [-0.1, -0.05) is 58.4 Å². The van der Waals surface area contributed by atoms with E-state index in [1.165, 1.54) is 22.1 Å². The molecule has 0 aliphatic heterocycles. The molecule has 0 radical (unpaired) electrons. The number of H-pyrrole nitrogens is 1. The summed E-state index contributed by atoms with van der Waals surface area (Å²) in [5, 5.41) is 1.22. The predicted octanol–water partition coefficient (Wildman–Crippen LogP) is 6.10. The fourth-order valence-corrected chi connectivity index (χ4v) is 3.22. The van der Waals surface area contributed by atoms with Crippen molar-refractivity contribution in [3.63, 3.8) is 0 Å². The normalized spacial score (nSPS) is 10.9. The SMILES string of the molecule is Brc1ccc(Cc2c[nH]c3ccc(OCc4ccccc4)cc23)cc1. The van der Waals surface area contributed by atoms with Crippen LogP contribution in [0.5, 0.6) is 5.75 Å². The molecule has 4 rings (SSSR count). The lowest BCUT2D eigenvalue weighted by Crippen LogP contribution is -1.95. The zero-order valence-electron chi connectivity index (χ0n) is 13.7. The molecule has 0 unspecified atom stereocenters. The summed E-state index contributed by atoms with van der Waals surface area (Å²) in [6, 6.07) is 24.9. The molecule has 3 aromatic carbocycles. The van der Waals surface area contributed by atoms with Gasteiger partial charge < -0.3 is 9.72 Å². The summed E-state index contributed by atoms with van der Waals surface area (Å²) in [5.41, 5.74) is 4.88. The highest BCUT2D eigenvalue weighted by molar-refractivity contribution is 9.10. The smallest absolute Gasteiger partial charge is 0.120 e. The topological polar surface area (TPSA) is 25.0 Å². The number of hydrogen-bond acceptors (Lipinski definition) is 1. The van der Waals surface area contributed by atoms with Crippen LogP contribution in [0.1, 0.15) is 16.7 Å². The Bertz CT molecular complexity index is 974. The molecule has 0 aliphatic rings. The molecule has 124 valence electrons. The molecule has 25 heavy (non-hydrogen) atoms. The number of rotatable bonds is 5. The van der Waals surface area contributed by atoms with Crippen molar-refractivity contribution in [3.05, 3.63) is 100 Å². The van der Waals surface area contributed by atoms with E-state index < -0.39 is 0 Å². The molecule has 0 saturated heterocycles. The Kier molecular flexibility index (Phi) is 4.57. The highest BCUT2D eigenvalue weighted by Crippen LogP contribution is 2.26. The quantitative estimate of drug-likeness (QED) is 0.436. The zero-order valence-corrected chi connectivity index (χ0v) is 15.3. The molecule has 0 saturated carbocycles. The molecule has 2 nitrogen and oxygen atoms in total. The molecule has 1 heterocycles. The van der Waals surface area contributed by atoms with Crippen molar-refractivity contribution >= 4 is 26.8 Å². The van der Waals surface area contributed by atoms with Gasteiger partial charge in [-0.25, -0.2) is 0 Å². The van der Waals surface area contributed by atoms with Crippen molar-refractivity contribution in [1.29, 1.82) is 0 Å². The molecule has 1 aromatic heterocycles. The summed E-state index contributed by atoms with van der Waals surface area (Å²) < 4.78 is 7.07. The number of halogens is 1. The Labute approximate surface area is 155 Å². The summed E-state index contributed by atoms with van der Waals surface area (Å²) >= 11 is 3.49. The molecule has 4 aromatic rings. The Morgan fingerprint density at radius 2 is 1.64 bits per heavy atom. The van der Waals surface area contributed by atoms with Gasteiger partial charge in [0, 0.05) is 21.6 Å². The van der Waals surface area contributed by atoms with Crippen molar-refractivity contribution in [3.8, 4) is 5.75 Å². The maximum atomic E-state index is 5.97. The number of nitrogens with one attached hydrogen (secondary N) is 1. The third-order valence-corrected chi connectivity index (χ3v) is 4.82. The average Bonchev–Trinajstić information content (AvgIpc) is 3.05. The first-order valence-electron chi connectivity index (χ1n) is 8.29. The summed E-state index contributed by atoms with van der Waals surface area (Å²) in [6.07, 6.45) is 2.99. The van der Waals surface area contributed by atoms with Crippen molar-refractivity contribution in [2.45, 2.75) is 13.0 Å². The number of hydrogen-bond donors (Lipinski definition) is 1. The van der Waals surface area contributed by atoms with Crippen molar-refractivity contribution in [1.82, 2.24) is 4.98 Å². The van der Waals surface area contributed by atoms with Crippen LogP contribution in [-0.4, -0.2) is 4.98 Å². The van der Waals surface area contributed by atoms with E-state index in [2.05, 4.69) is 75.6 Å².